The first-order valence-electron chi connectivity index (χ1n) is 6.34. The molecule has 2 atom stereocenters. The molecular weight excluding hydrogens is 228 g/mol. The van der Waals surface area contributed by atoms with Crippen molar-refractivity contribution in [1.29, 1.82) is 0 Å². The molecule has 0 spiro atoms. The second-order valence-corrected chi connectivity index (χ2v) is 6.12. The van der Waals surface area contributed by atoms with Crippen molar-refractivity contribution < 1.29 is 0 Å². The molecule has 1 aromatic carbocycles. The van der Waals surface area contributed by atoms with Gasteiger partial charge in [-0.1, -0.05) is 12.1 Å². The zero-order chi connectivity index (χ0) is 11.2. The van der Waals surface area contributed by atoms with Crippen LogP contribution in [0.25, 0.3) is 10.1 Å². The molecule has 1 aromatic heterocycles. The molecule has 17 heavy (non-hydrogen) atoms. The van der Waals surface area contributed by atoms with Crippen LogP contribution in [0.2, 0.25) is 0 Å². The second kappa shape index (κ2) is 3.72. The van der Waals surface area contributed by atoms with Crippen molar-refractivity contribution >= 4 is 27.1 Å². The molecule has 2 aliphatic rings. The van der Waals surface area contributed by atoms with Gasteiger partial charge in [0.15, 0.2) is 0 Å². The lowest BCUT2D eigenvalue weighted by Gasteiger charge is -2.20. The smallest absolute Gasteiger partial charge is 0.0576 e. The van der Waals surface area contributed by atoms with Crippen LogP contribution in [-0.4, -0.2) is 26.2 Å². The number of rotatable bonds is 1. The van der Waals surface area contributed by atoms with Crippen LogP contribution in [0.5, 0.6) is 0 Å². The molecule has 0 aliphatic carbocycles. The minimum Gasteiger partial charge on any atom is -0.370 e. The average Bonchev–Trinajstić information content (AvgIpc) is 3.02. The Kier molecular flexibility index (Phi) is 2.17. The molecule has 4 rings (SSSR count). The van der Waals surface area contributed by atoms with Gasteiger partial charge in [0.05, 0.1) is 10.4 Å². The number of benzene rings is 1. The standard InChI is InChI=1S/C14H16N2S/c1-2-10-4-5-17-14(10)13(3-1)16-8-11-6-15-7-12(11)9-16/h1-5,11-12,15H,6-9H2. The Balaban J connectivity index is 1.73. The Morgan fingerprint density at radius 1 is 1.12 bits per heavy atom. The van der Waals surface area contributed by atoms with Crippen LogP contribution in [0.15, 0.2) is 29.6 Å². The van der Waals surface area contributed by atoms with Gasteiger partial charge in [0, 0.05) is 26.2 Å². The van der Waals surface area contributed by atoms with E-state index in [9.17, 15) is 0 Å². The Bertz CT molecular complexity index is 536. The summed E-state index contributed by atoms with van der Waals surface area (Å²) in [6.45, 7) is 4.88. The molecule has 2 aliphatic heterocycles. The Morgan fingerprint density at radius 2 is 1.94 bits per heavy atom. The SMILES string of the molecule is c1cc(N2CC3CNCC3C2)c2sccc2c1. The van der Waals surface area contributed by atoms with E-state index in [2.05, 4.69) is 39.9 Å². The van der Waals surface area contributed by atoms with Crippen molar-refractivity contribution in [3.05, 3.63) is 29.6 Å². The maximum absolute atomic E-state index is 3.50. The predicted octanol–water partition coefficient (Wildman–Crippen LogP) is 2.56. The fourth-order valence-corrected chi connectivity index (χ4v) is 4.22. The number of hydrogen-bond acceptors (Lipinski definition) is 3. The van der Waals surface area contributed by atoms with Gasteiger partial charge in [-0.05, 0) is 34.7 Å². The third-order valence-corrected chi connectivity index (χ3v) is 5.14. The number of thiophene rings is 1. The van der Waals surface area contributed by atoms with Crippen molar-refractivity contribution in [2.45, 2.75) is 0 Å². The largest absolute Gasteiger partial charge is 0.370 e. The molecule has 2 fully saturated rings. The van der Waals surface area contributed by atoms with E-state index in [4.69, 9.17) is 0 Å². The highest BCUT2D eigenvalue weighted by molar-refractivity contribution is 7.17. The predicted molar refractivity (Wildman–Crippen MR) is 73.9 cm³/mol. The molecule has 2 unspecified atom stereocenters. The van der Waals surface area contributed by atoms with Crippen molar-refractivity contribution in [2.75, 3.05) is 31.1 Å². The zero-order valence-electron chi connectivity index (χ0n) is 9.73. The van der Waals surface area contributed by atoms with E-state index in [-0.39, 0.29) is 0 Å². The highest BCUT2D eigenvalue weighted by Crippen LogP contribution is 2.36. The molecule has 3 heteroatoms. The fraction of sp³-hybridized carbons (Fsp3) is 0.429. The van der Waals surface area contributed by atoms with Crippen LogP contribution in [0.3, 0.4) is 0 Å². The summed E-state index contributed by atoms with van der Waals surface area (Å²) in [4.78, 5) is 2.59. The van der Waals surface area contributed by atoms with Crippen molar-refractivity contribution in [3.8, 4) is 0 Å². The molecule has 2 saturated heterocycles. The third kappa shape index (κ3) is 1.49. The van der Waals surface area contributed by atoms with Gasteiger partial charge >= 0.3 is 0 Å². The van der Waals surface area contributed by atoms with E-state index in [1.807, 2.05) is 11.3 Å². The molecule has 0 bridgehead atoms. The maximum Gasteiger partial charge on any atom is 0.0576 e. The molecule has 0 amide bonds. The summed E-state index contributed by atoms with van der Waals surface area (Å²) >= 11 is 1.87. The van der Waals surface area contributed by atoms with E-state index in [0.717, 1.165) is 11.8 Å². The Labute approximate surface area is 105 Å². The summed E-state index contributed by atoms with van der Waals surface area (Å²) in [5.41, 5.74) is 1.45. The molecule has 2 nitrogen and oxygen atoms in total. The minimum atomic E-state index is 0.866. The summed E-state index contributed by atoms with van der Waals surface area (Å²) in [5.74, 6) is 1.73. The summed E-state index contributed by atoms with van der Waals surface area (Å²) in [6.07, 6.45) is 0. The topological polar surface area (TPSA) is 15.3 Å². The van der Waals surface area contributed by atoms with Crippen LogP contribution in [-0.2, 0) is 0 Å². The van der Waals surface area contributed by atoms with Crippen LogP contribution in [0, 0.1) is 11.8 Å². The Hall–Kier alpha value is -1.06. The molecule has 88 valence electrons. The number of hydrogen-bond donors (Lipinski definition) is 1. The first-order valence-corrected chi connectivity index (χ1v) is 7.22. The third-order valence-electron chi connectivity index (χ3n) is 4.19. The van der Waals surface area contributed by atoms with Gasteiger partial charge in [-0.25, -0.2) is 0 Å². The second-order valence-electron chi connectivity index (χ2n) is 5.20. The number of fused-ring (bicyclic) bond motifs is 2. The summed E-state index contributed by atoms with van der Waals surface area (Å²) in [6, 6.07) is 8.92. The van der Waals surface area contributed by atoms with Gasteiger partial charge in [0.2, 0.25) is 0 Å². The fourth-order valence-electron chi connectivity index (χ4n) is 3.28. The molecule has 1 N–H and O–H groups in total. The summed E-state index contributed by atoms with van der Waals surface area (Å²) in [7, 11) is 0. The Morgan fingerprint density at radius 3 is 2.76 bits per heavy atom. The lowest BCUT2D eigenvalue weighted by molar-refractivity contribution is 0.533. The monoisotopic (exact) mass is 244 g/mol. The first kappa shape index (κ1) is 9.92. The highest BCUT2D eigenvalue weighted by atomic mass is 32.1. The molecule has 2 aromatic rings. The van der Waals surface area contributed by atoms with E-state index in [0.29, 0.717) is 0 Å². The van der Waals surface area contributed by atoms with Crippen LogP contribution in [0.4, 0.5) is 5.69 Å². The van der Waals surface area contributed by atoms with Gasteiger partial charge in [0.1, 0.15) is 0 Å². The lowest BCUT2D eigenvalue weighted by Crippen LogP contribution is -2.25. The van der Waals surface area contributed by atoms with Gasteiger partial charge in [-0.15, -0.1) is 11.3 Å². The van der Waals surface area contributed by atoms with Crippen LogP contribution in [0.1, 0.15) is 0 Å². The van der Waals surface area contributed by atoms with Crippen LogP contribution >= 0.6 is 11.3 Å². The van der Waals surface area contributed by atoms with Crippen molar-refractivity contribution in [2.24, 2.45) is 11.8 Å². The van der Waals surface area contributed by atoms with Gasteiger partial charge < -0.3 is 10.2 Å². The number of nitrogens with zero attached hydrogens (tertiary/aromatic N) is 1. The summed E-state index contributed by atoms with van der Waals surface area (Å²) < 4.78 is 1.46. The van der Waals surface area contributed by atoms with E-state index >= 15 is 0 Å². The quantitative estimate of drug-likeness (QED) is 0.829. The molecule has 0 radical (unpaired) electrons. The highest BCUT2D eigenvalue weighted by Gasteiger charge is 2.36. The van der Waals surface area contributed by atoms with Crippen LogP contribution < -0.4 is 10.2 Å². The molecular formula is C14H16N2S. The van der Waals surface area contributed by atoms with E-state index in [1.165, 1.54) is 42.0 Å². The average molecular weight is 244 g/mol. The zero-order valence-corrected chi connectivity index (χ0v) is 10.5. The number of nitrogens with one attached hydrogen (secondary N) is 1. The van der Waals surface area contributed by atoms with Gasteiger partial charge in [-0.2, -0.15) is 0 Å². The van der Waals surface area contributed by atoms with Gasteiger partial charge in [0.25, 0.3) is 0 Å². The maximum atomic E-state index is 3.50. The minimum absolute atomic E-state index is 0.866. The summed E-state index contributed by atoms with van der Waals surface area (Å²) in [5, 5.41) is 7.10. The normalized spacial score (nSPS) is 27.9. The molecule has 0 saturated carbocycles. The van der Waals surface area contributed by atoms with E-state index < -0.39 is 0 Å². The van der Waals surface area contributed by atoms with Gasteiger partial charge in [-0.3, -0.25) is 0 Å². The number of anilines is 1. The van der Waals surface area contributed by atoms with Crippen molar-refractivity contribution in [1.82, 2.24) is 5.32 Å². The first-order chi connectivity index (χ1) is 8.42. The van der Waals surface area contributed by atoms with E-state index in [1.54, 1.807) is 0 Å². The van der Waals surface area contributed by atoms with Crippen molar-refractivity contribution in [3.63, 3.8) is 0 Å². The lowest BCUT2D eigenvalue weighted by atomic mass is 10.0. The molecule has 3 heterocycles.